The minimum Gasteiger partial charge on any atom is -0.497 e. The van der Waals surface area contributed by atoms with Gasteiger partial charge in [0, 0.05) is 13.6 Å². The van der Waals surface area contributed by atoms with Crippen molar-refractivity contribution in [3.05, 3.63) is 59.7 Å². The van der Waals surface area contributed by atoms with Crippen LogP contribution in [-0.2, 0) is 21.4 Å². The molecule has 0 fully saturated rings. The van der Waals surface area contributed by atoms with Crippen LogP contribution >= 0.6 is 0 Å². The molecule has 0 aromatic heterocycles. The van der Waals surface area contributed by atoms with Gasteiger partial charge in [-0.2, -0.15) is 4.72 Å². The third kappa shape index (κ3) is 6.30. The number of nitrogens with zero attached hydrogens (tertiary/aromatic N) is 1. The third-order valence-electron chi connectivity index (χ3n) is 4.72. The lowest BCUT2D eigenvalue weighted by molar-refractivity contribution is -0.132. The molecule has 1 atom stereocenters. The second-order valence-corrected chi connectivity index (χ2v) is 9.31. The van der Waals surface area contributed by atoms with E-state index in [1.807, 2.05) is 45.0 Å². The van der Waals surface area contributed by atoms with E-state index >= 15 is 0 Å². The lowest BCUT2D eigenvalue weighted by atomic mass is 10.0. The molecule has 0 aliphatic rings. The fourth-order valence-electron chi connectivity index (χ4n) is 3.07. The van der Waals surface area contributed by atoms with E-state index < -0.39 is 16.1 Å². The molecule has 0 spiro atoms. The maximum atomic E-state index is 13.1. The molecule has 1 unspecified atom stereocenters. The highest BCUT2D eigenvalue weighted by Crippen LogP contribution is 2.18. The molecule has 0 saturated carbocycles. The number of sulfonamides is 1. The molecule has 2 rings (SSSR count). The van der Waals surface area contributed by atoms with Crippen LogP contribution in [0.15, 0.2) is 53.4 Å². The molecule has 2 aromatic carbocycles. The Balaban J connectivity index is 2.20. The number of likely N-dealkylation sites (N-methyl/N-ethyl adjacent to an activating group) is 1. The Kier molecular flexibility index (Phi) is 7.81. The van der Waals surface area contributed by atoms with Crippen LogP contribution in [-0.4, -0.2) is 39.4 Å². The number of carbonyl (C=O) groups excluding carboxylic acids is 1. The number of hydrogen-bond donors (Lipinski definition) is 1. The number of benzene rings is 2. The highest BCUT2D eigenvalue weighted by Gasteiger charge is 2.29. The molecule has 29 heavy (non-hydrogen) atoms. The summed E-state index contributed by atoms with van der Waals surface area (Å²) in [5, 5.41) is 0. The molecule has 1 amide bonds. The van der Waals surface area contributed by atoms with Gasteiger partial charge >= 0.3 is 0 Å². The fraction of sp³-hybridized carbons (Fsp3) is 0.409. The van der Waals surface area contributed by atoms with Crippen molar-refractivity contribution < 1.29 is 17.9 Å². The number of carbonyl (C=O) groups is 1. The van der Waals surface area contributed by atoms with Crippen molar-refractivity contribution in [3.8, 4) is 5.75 Å². The van der Waals surface area contributed by atoms with Crippen LogP contribution in [0.2, 0.25) is 0 Å². The maximum Gasteiger partial charge on any atom is 0.241 e. The van der Waals surface area contributed by atoms with E-state index in [0.717, 1.165) is 11.1 Å². The Labute approximate surface area is 173 Å². The predicted octanol–water partition coefficient (Wildman–Crippen LogP) is 3.36. The Hall–Kier alpha value is -2.38. The summed E-state index contributed by atoms with van der Waals surface area (Å²) in [6, 6.07) is 13.1. The van der Waals surface area contributed by atoms with Crippen LogP contribution in [0, 0.1) is 12.8 Å². The van der Waals surface area contributed by atoms with E-state index in [1.165, 1.54) is 19.2 Å². The number of methoxy groups -OCH3 is 1. The van der Waals surface area contributed by atoms with Crippen molar-refractivity contribution in [2.24, 2.45) is 5.92 Å². The first-order valence-electron chi connectivity index (χ1n) is 9.60. The summed E-state index contributed by atoms with van der Waals surface area (Å²) in [5.74, 6) is 0.463. The van der Waals surface area contributed by atoms with Crippen molar-refractivity contribution in [2.45, 2.75) is 44.7 Å². The van der Waals surface area contributed by atoms with Crippen molar-refractivity contribution in [1.82, 2.24) is 9.62 Å². The van der Waals surface area contributed by atoms with E-state index in [4.69, 9.17) is 4.74 Å². The van der Waals surface area contributed by atoms with Gasteiger partial charge in [-0.1, -0.05) is 38.1 Å². The Morgan fingerprint density at radius 3 is 2.28 bits per heavy atom. The predicted molar refractivity (Wildman–Crippen MR) is 114 cm³/mol. The number of amides is 1. The van der Waals surface area contributed by atoms with Gasteiger partial charge in [-0.05, 0) is 54.7 Å². The maximum absolute atomic E-state index is 13.1. The van der Waals surface area contributed by atoms with Gasteiger partial charge in [0.2, 0.25) is 15.9 Å². The number of nitrogens with one attached hydrogen (secondary N) is 1. The van der Waals surface area contributed by atoms with Crippen LogP contribution < -0.4 is 9.46 Å². The van der Waals surface area contributed by atoms with Gasteiger partial charge in [-0.3, -0.25) is 4.79 Å². The van der Waals surface area contributed by atoms with Crippen molar-refractivity contribution >= 4 is 15.9 Å². The molecule has 0 radical (unpaired) electrons. The topological polar surface area (TPSA) is 75.7 Å². The van der Waals surface area contributed by atoms with Crippen molar-refractivity contribution in [1.29, 1.82) is 0 Å². The van der Waals surface area contributed by atoms with Gasteiger partial charge in [-0.15, -0.1) is 0 Å². The SMILES string of the molecule is COc1ccc(S(=O)(=O)NC(CC(C)C)C(=O)N(C)Cc2ccccc2C)cc1. The minimum absolute atomic E-state index is 0.0985. The quantitative estimate of drug-likeness (QED) is 0.678. The highest BCUT2D eigenvalue weighted by molar-refractivity contribution is 7.89. The lowest BCUT2D eigenvalue weighted by Gasteiger charge is -2.26. The van der Waals surface area contributed by atoms with E-state index in [-0.39, 0.29) is 16.7 Å². The average Bonchev–Trinajstić information content (AvgIpc) is 2.68. The Morgan fingerprint density at radius 2 is 1.72 bits per heavy atom. The van der Waals surface area contributed by atoms with Crippen LogP contribution in [0.3, 0.4) is 0 Å². The lowest BCUT2D eigenvalue weighted by Crippen LogP contribution is -2.47. The van der Waals surface area contributed by atoms with Gasteiger partial charge < -0.3 is 9.64 Å². The Morgan fingerprint density at radius 1 is 1.10 bits per heavy atom. The summed E-state index contributed by atoms with van der Waals surface area (Å²) in [6.45, 7) is 6.34. The molecule has 7 heteroatoms. The smallest absolute Gasteiger partial charge is 0.241 e. The average molecular weight is 419 g/mol. The summed E-state index contributed by atoms with van der Waals surface area (Å²) in [6.07, 6.45) is 0.409. The molecular weight excluding hydrogens is 388 g/mol. The number of ether oxygens (including phenoxy) is 1. The van der Waals surface area contributed by atoms with Crippen LogP contribution in [0.25, 0.3) is 0 Å². The van der Waals surface area contributed by atoms with E-state index in [9.17, 15) is 13.2 Å². The molecule has 0 aliphatic heterocycles. The van der Waals surface area contributed by atoms with Crippen LogP contribution in [0.4, 0.5) is 0 Å². The first-order chi connectivity index (χ1) is 13.6. The third-order valence-corrected chi connectivity index (χ3v) is 6.20. The summed E-state index contributed by atoms with van der Waals surface area (Å²) in [7, 11) is -0.627. The minimum atomic E-state index is -3.84. The van der Waals surface area contributed by atoms with Crippen molar-refractivity contribution in [2.75, 3.05) is 14.2 Å². The number of aryl methyl sites for hydroxylation is 1. The second kappa shape index (κ2) is 9.89. The molecule has 0 aliphatic carbocycles. The van der Waals surface area contributed by atoms with Gasteiger partial charge in [0.25, 0.3) is 0 Å². The second-order valence-electron chi connectivity index (χ2n) is 7.60. The van der Waals surface area contributed by atoms with Crippen LogP contribution in [0.5, 0.6) is 5.75 Å². The van der Waals surface area contributed by atoms with E-state index in [0.29, 0.717) is 18.7 Å². The first-order valence-corrected chi connectivity index (χ1v) is 11.1. The van der Waals surface area contributed by atoms with Gasteiger partial charge in [0.15, 0.2) is 0 Å². The van der Waals surface area contributed by atoms with Gasteiger partial charge in [0.05, 0.1) is 12.0 Å². The summed E-state index contributed by atoms with van der Waals surface area (Å²) >= 11 is 0. The molecular formula is C22H30N2O4S. The number of rotatable bonds is 9. The van der Waals surface area contributed by atoms with E-state index in [1.54, 1.807) is 24.1 Å². The zero-order valence-electron chi connectivity index (χ0n) is 17.7. The van der Waals surface area contributed by atoms with Gasteiger partial charge in [0.1, 0.15) is 11.8 Å². The molecule has 0 heterocycles. The fourth-order valence-corrected chi connectivity index (χ4v) is 4.27. The normalized spacial score (nSPS) is 12.6. The standard InChI is InChI=1S/C22H30N2O4S/c1-16(2)14-21(22(25)24(4)15-18-9-7-6-8-17(18)3)23-29(26,27)20-12-10-19(28-5)11-13-20/h6-13,16,21,23H,14-15H2,1-5H3. The molecule has 6 nitrogen and oxygen atoms in total. The zero-order valence-corrected chi connectivity index (χ0v) is 18.5. The molecule has 158 valence electrons. The molecule has 0 bridgehead atoms. The summed E-state index contributed by atoms with van der Waals surface area (Å²) in [5.41, 5.74) is 2.12. The summed E-state index contributed by atoms with van der Waals surface area (Å²) in [4.78, 5) is 14.8. The molecule has 2 aromatic rings. The molecule has 1 N–H and O–H groups in total. The monoisotopic (exact) mass is 418 g/mol. The van der Waals surface area contributed by atoms with Gasteiger partial charge in [-0.25, -0.2) is 8.42 Å². The molecule has 0 saturated heterocycles. The number of hydrogen-bond acceptors (Lipinski definition) is 4. The van der Waals surface area contributed by atoms with Crippen LogP contribution in [0.1, 0.15) is 31.4 Å². The first kappa shape index (κ1) is 22.9. The summed E-state index contributed by atoms with van der Waals surface area (Å²) < 4.78 is 33.4. The Bertz CT molecular complexity index is 924. The van der Waals surface area contributed by atoms with E-state index in [2.05, 4.69) is 4.72 Å². The highest BCUT2D eigenvalue weighted by atomic mass is 32.2. The zero-order chi connectivity index (χ0) is 21.6. The van der Waals surface area contributed by atoms with Crippen molar-refractivity contribution in [3.63, 3.8) is 0 Å². The largest absolute Gasteiger partial charge is 0.497 e.